The Kier molecular flexibility index (Phi) is 5.71. The van der Waals surface area contributed by atoms with Gasteiger partial charge in [-0.1, -0.05) is 6.92 Å². The van der Waals surface area contributed by atoms with E-state index in [1.165, 1.54) is 10.5 Å². The first-order chi connectivity index (χ1) is 8.47. The molecule has 0 amide bonds. The van der Waals surface area contributed by atoms with Crippen molar-refractivity contribution >= 4 is 21.8 Å². The normalized spacial score (nSPS) is 14.1. The summed E-state index contributed by atoms with van der Waals surface area (Å²) in [6, 6.07) is 1.61. The number of aromatic amines is 1. The zero-order valence-electron chi connectivity index (χ0n) is 11.0. The minimum Gasteiger partial charge on any atom is -0.363 e. The lowest BCUT2D eigenvalue weighted by Crippen LogP contribution is -2.38. The van der Waals surface area contributed by atoms with E-state index in [2.05, 4.69) is 4.98 Å². The van der Waals surface area contributed by atoms with Gasteiger partial charge >= 0.3 is 0 Å². The molecule has 0 saturated heterocycles. The lowest BCUT2D eigenvalue weighted by molar-refractivity contribution is 0.385. The number of H-pyrrole nitrogens is 1. The van der Waals surface area contributed by atoms with Crippen molar-refractivity contribution < 1.29 is 8.42 Å². The molecule has 5 nitrogen and oxygen atoms in total. The average molecular weight is 291 g/mol. The molecule has 0 radical (unpaired) electrons. The monoisotopic (exact) mass is 291 g/mol. The smallest absolute Gasteiger partial charge is 0.244 e. The molecule has 1 aromatic rings. The Hall–Kier alpha value is -0.500. The van der Waals surface area contributed by atoms with Gasteiger partial charge in [0.05, 0.1) is 4.90 Å². The Bertz CT molecular complexity index is 470. The van der Waals surface area contributed by atoms with Gasteiger partial charge in [-0.05, 0) is 18.7 Å². The van der Waals surface area contributed by atoms with Crippen molar-refractivity contribution in [3.05, 3.63) is 18.0 Å². The number of nitrogens with two attached hydrogens (primary N) is 1. The third-order valence-electron chi connectivity index (χ3n) is 2.96. The SMILES string of the molecule is CCC(CSC)N(C)S(=O)(=O)c1c[nH]c(CN)c1. The fourth-order valence-corrected chi connectivity index (χ4v) is 4.11. The first-order valence-corrected chi connectivity index (χ1v) is 8.65. The first kappa shape index (κ1) is 15.6. The van der Waals surface area contributed by atoms with E-state index in [9.17, 15) is 8.42 Å². The molecule has 1 heterocycles. The summed E-state index contributed by atoms with van der Waals surface area (Å²) in [5, 5.41) is 0. The molecule has 0 aromatic carbocycles. The summed E-state index contributed by atoms with van der Waals surface area (Å²) in [6.45, 7) is 2.30. The second-order valence-electron chi connectivity index (χ2n) is 4.10. The lowest BCUT2D eigenvalue weighted by Gasteiger charge is -2.25. The van der Waals surface area contributed by atoms with Crippen LogP contribution in [0.3, 0.4) is 0 Å². The molecule has 0 aliphatic carbocycles. The number of nitrogens with zero attached hydrogens (tertiary/aromatic N) is 1. The van der Waals surface area contributed by atoms with Crippen LogP contribution in [-0.4, -0.2) is 42.8 Å². The Morgan fingerprint density at radius 3 is 2.67 bits per heavy atom. The van der Waals surface area contributed by atoms with Gasteiger partial charge in [0.25, 0.3) is 0 Å². The highest BCUT2D eigenvalue weighted by Crippen LogP contribution is 2.20. The van der Waals surface area contributed by atoms with Gasteiger partial charge in [-0.25, -0.2) is 8.42 Å². The van der Waals surface area contributed by atoms with Crippen molar-refractivity contribution in [2.45, 2.75) is 30.8 Å². The van der Waals surface area contributed by atoms with Gasteiger partial charge in [0.15, 0.2) is 0 Å². The fourth-order valence-electron chi connectivity index (χ4n) is 1.72. The third-order valence-corrected chi connectivity index (χ3v) is 5.56. The second-order valence-corrected chi connectivity index (χ2v) is 7.01. The van der Waals surface area contributed by atoms with E-state index >= 15 is 0 Å². The van der Waals surface area contributed by atoms with Crippen molar-refractivity contribution in [3.8, 4) is 0 Å². The van der Waals surface area contributed by atoms with E-state index in [1.54, 1.807) is 24.9 Å². The van der Waals surface area contributed by atoms with Crippen LogP contribution < -0.4 is 5.73 Å². The Morgan fingerprint density at radius 2 is 2.22 bits per heavy atom. The zero-order valence-corrected chi connectivity index (χ0v) is 12.6. The second kappa shape index (κ2) is 6.60. The van der Waals surface area contributed by atoms with E-state index < -0.39 is 10.0 Å². The number of nitrogens with one attached hydrogen (secondary N) is 1. The predicted molar refractivity (Wildman–Crippen MR) is 76.1 cm³/mol. The molecule has 0 spiro atoms. The third kappa shape index (κ3) is 3.28. The Labute approximate surface area is 113 Å². The number of rotatable bonds is 7. The summed E-state index contributed by atoms with van der Waals surface area (Å²) in [5.74, 6) is 0.792. The predicted octanol–water partition coefficient (Wildman–Crippen LogP) is 1.24. The maximum atomic E-state index is 12.4. The molecule has 1 atom stereocenters. The highest BCUT2D eigenvalue weighted by molar-refractivity contribution is 7.98. The number of thioether (sulfide) groups is 1. The van der Waals surface area contributed by atoms with Crippen molar-refractivity contribution in [2.24, 2.45) is 5.73 Å². The van der Waals surface area contributed by atoms with E-state index in [0.29, 0.717) is 6.54 Å². The number of hydrogen-bond donors (Lipinski definition) is 2. The van der Waals surface area contributed by atoms with Crippen LogP contribution in [0.5, 0.6) is 0 Å². The molecule has 18 heavy (non-hydrogen) atoms. The molecule has 0 aliphatic rings. The van der Waals surface area contributed by atoms with E-state index in [-0.39, 0.29) is 10.9 Å². The molecule has 0 bridgehead atoms. The van der Waals surface area contributed by atoms with Crippen molar-refractivity contribution in [1.29, 1.82) is 0 Å². The fraction of sp³-hybridized carbons (Fsp3) is 0.636. The number of hydrogen-bond acceptors (Lipinski definition) is 4. The molecule has 0 fully saturated rings. The number of sulfonamides is 1. The molecule has 0 saturated carbocycles. The first-order valence-electron chi connectivity index (χ1n) is 5.81. The summed E-state index contributed by atoms with van der Waals surface area (Å²) >= 11 is 1.65. The van der Waals surface area contributed by atoms with Crippen molar-refractivity contribution in [1.82, 2.24) is 9.29 Å². The van der Waals surface area contributed by atoms with Gasteiger partial charge in [0.2, 0.25) is 10.0 Å². The van der Waals surface area contributed by atoms with E-state index in [4.69, 9.17) is 5.73 Å². The van der Waals surface area contributed by atoms with Crippen LogP contribution in [0, 0.1) is 0 Å². The molecular weight excluding hydrogens is 270 g/mol. The Balaban J connectivity index is 2.97. The van der Waals surface area contributed by atoms with Gasteiger partial charge in [0, 0.05) is 37.3 Å². The number of aromatic nitrogens is 1. The van der Waals surface area contributed by atoms with Gasteiger partial charge in [-0.3, -0.25) is 0 Å². The largest absolute Gasteiger partial charge is 0.363 e. The van der Waals surface area contributed by atoms with Crippen LogP contribution in [0.25, 0.3) is 0 Å². The average Bonchev–Trinajstić information content (AvgIpc) is 2.84. The zero-order chi connectivity index (χ0) is 13.8. The molecule has 7 heteroatoms. The topological polar surface area (TPSA) is 79.2 Å². The summed E-state index contributed by atoms with van der Waals surface area (Å²) in [5.41, 5.74) is 6.20. The quantitative estimate of drug-likeness (QED) is 0.792. The standard InChI is InChI=1S/C11H21N3O2S2/c1-4-10(8-17-3)14(2)18(15,16)11-5-9(6-12)13-7-11/h5,7,10,13H,4,6,8,12H2,1-3H3. The summed E-state index contributed by atoms with van der Waals surface area (Å²) < 4.78 is 26.2. The molecule has 1 aromatic heterocycles. The van der Waals surface area contributed by atoms with Crippen molar-refractivity contribution in [2.75, 3.05) is 19.1 Å². The Morgan fingerprint density at radius 1 is 1.56 bits per heavy atom. The van der Waals surface area contributed by atoms with E-state index in [0.717, 1.165) is 17.9 Å². The molecule has 104 valence electrons. The molecule has 0 aliphatic heterocycles. The minimum absolute atomic E-state index is 0.0150. The summed E-state index contributed by atoms with van der Waals surface area (Å²) in [7, 11) is -1.79. The highest BCUT2D eigenvalue weighted by Gasteiger charge is 2.27. The van der Waals surface area contributed by atoms with E-state index in [1.807, 2.05) is 13.2 Å². The van der Waals surface area contributed by atoms with Gasteiger partial charge < -0.3 is 10.7 Å². The van der Waals surface area contributed by atoms with Gasteiger partial charge in [0.1, 0.15) is 0 Å². The van der Waals surface area contributed by atoms with Crippen molar-refractivity contribution in [3.63, 3.8) is 0 Å². The minimum atomic E-state index is -3.43. The lowest BCUT2D eigenvalue weighted by atomic mass is 10.3. The van der Waals surface area contributed by atoms with Gasteiger partial charge in [-0.2, -0.15) is 16.1 Å². The highest BCUT2D eigenvalue weighted by atomic mass is 32.2. The van der Waals surface area contributed by atoms with Crippen LogP contribution >= 0.6 is 11.8 Å². The van der Waals surface area contributed by atoms with Crippen LogP contribution in [0.15, 0.2) is 17.2 Å². The maximum absolute atomic E-state index is 12.4. The van der Waals surface area contributed by atoms with Crippen LogP contribution in [0.4, 0.5) is 0 Å². The molecule has 1 rings (SSSR count). The molecular formula is C11H21N3O2S2. The summed E-state index contributed by atoms with van der Waals surface area (Å²) in [4.78, 5) is 3.15. The molecule has 1 unspecified atom stereocenters. The van der Waals surface area contributed by atoms with Gasteiger partial charge in [-0.15, -0.1) is 0 Å². The van der Waals surface area contributed by atoms with Crippen LogP contribution in [0.2, 0.25) is 0 Å². The maximum Gasteiger partial charge on any atom is 0.244 e. The molecule has 3 N–H and O–H groups in total. The summed E-state index contributed by atoms with van der Waals surface area (Å²) in [6.07, 6.45) is 4.27. The van der Waals surface area contributed by atoms with Crippen LogP contribution in [-0.2, 0) is 16.6 Å². The van der Waals surface area contributed by atoms with Crippen LogP contribution in [0.1, 0.15) is 19.0 Å².